The molecule has 0 fully saturated rings. The molecule has 0 atom stereocenters. The van der Waals surface area contributed by atoms with Crippen molar-refractivity contribution in [3.63, 3.8) is 0 Å². The molecule has 0 radical (unpaired) electrons. The Hall–Kier alpha value is -2.60. The second-order valence-electron chi connectivity index (χ2n) is 11.6. The molecule has 1 aliphatic heterocycles. The van der Waals surface area contributed by atoms with Gasteiger partial charge in [0.25, 0.3) is 0 Å². The number of allylic oxidation sites excluding steroid dienone is 4. The van der Waals surface area contributed by atoms with Crippen LogP contribution in [0.4, 0.5) is 0 Å². The molecule has 0 spiro atoms. The number of halogens is 1. The number of hydrogen-bond donors (Lipinski definition) is 1. The first-order valence-electron chi connectivity index (χ1n) is 12.3. The summed E-state index contributed by atoms with van der Waals surface area (Å²) in [5.41, 5.74) is 2.68. The number of ether oxygens (including phenoxy) is 1. The Morgan fingerprint density at radius 2 is 1.57 bits per heavy atom. The van der Waals surface area contributed by atoms with Crippen LogP contribution in [0.1, 0.15) is 78.2 Å². The van der Waals surface area contributed by atoms with Gasteiger partial charge in [0.15, 0.2) is 11.6 Å². The number of carboxylic acid groups (broad SMARTS) is 1. The topological polar surface area (TPSA) is 83.9 Å². The normalized spacial score (nSPS) is 21.7. The van der Waals surface area contributed by atoms with Crippen LogP contribution >= 0.6 is 11.6 Å². The molecule has 1 heterocycles. The maximum atomic E-state index is 13.6. The summed E-state index contributed by atoms with van der Waals surface area (Å²) >= 11 is 6.58. The summed E-state index contributed by atoms with van der Waals surface area (Å²) in [6.07, 6.45) is 2.67. The lowest BCUT2D eigenvalue weighted by molar-refractivity contribution is -0.138. The number of nitrogens with zero attached hydrogens (tertiary/aromatic N) is 1. The molecule has 0 amide bonds. The zero-order valence-corrected chi connectivity index (χ0v) is 21.9. The van der Waals surface area contributed by atoms with Crippen molar-refractivity contribution in [3.8, 4) is 5.75 Å². The minimum atomic E-state index is -0.991. The lowest BCUT2D eigenvalue weighted by Crippen LogP contribution is -2.45. The summed E-state index contributed by atoms with van der Waals surface area (Å²) in [5, 5.41) is 10.2. The van der Waals surface area contributed by atoms with Crippen LogP contribution in [0.2, 0.25) is 5.02 Å². The van der Waals surface area contributed by atoms with E-state index < -0.39 is 11.9 Å². The Bertz CT molecular complexity index is 1110. The molecule has 2 aliphatic carbocycles. The van der Waals surface area contributed by atoms with Crippen LogP contribution < -0.4 is 4.74 Å². The van der Waals surface area contributed by atoms with Gasteiger partial charge in [-0.05, 0) is 47.8 Å². The number of carbonyl (C=O) groups is 3. The highest BCUT2D eigenvalue weighted by Gasteiger charge is 2.49. The van der Waals surface area contributed by atoms with Gasteiger partial charge in [-0.15, -0.1) is 0 Å². The minimum Gasteiger partial charge on any atom is -0.492 e. The number of aliphatic carboxylic acids is 1. The van der Waals surface area contributed by atoms with E-state index in [0.717, 1.165) is 23.4 Å². The predicted octanol–water partition coefficient (Wildman–Crippen LogP) is 5.90. The third kappa shape index (κ3) is 4.90. The van der Waals surface area contributed by atoms with Crippen molar-refractivity contribution in [3.05, 3.63) is 51.3 Å². The Kier molecular flexibility index (Phi) is 6.64. The van der Waals surface area contributed by atoms with Crippen LogP contribution in [-0.4, -0.2) is 40.7 Å². The summed E-state index contributed by atoms with van der Waals surface area (Å²) in [7, 11) is 0. The highest BCUT2D eigenvalue weighted by Crippen LogP contribution is 2.54. The Morgan fingerprint density at radius 3 is 2.03 bits per heavy atom. The number of rotatable bonds is 6. The van der Waals surface area contributed by atoms with E-state index in [-0.39, 0.29) is 28.9 Å². The molecular weight excluding hydrogens is 466 g/mol. The highest BCUT2D eigenvalue weighted by atomic mass is 35.5. The molecule has 0 bridgehead atoms. The first kappa shape index (κ1) is 25.5. The number of carboxylic acids is 1. The van der Waals surface area contributed by atoms with E-state index in [2.05, 4.69) is 0 Å². The van der Waals surface area contributed by atoms with Crippen molar-refractivity contribution in [2.45, 2.75) is 72.6 Å². The number of benzene rings is 1. The van der Waals surface area contributed by atoms with Crippen molar-refractivity contribution in [1.29, 1.82) is 0 Å². The van der Waals surface area contributed by atoms with Gasteiger partial charge in [-0.25, -0.2) is 0 Å². The molecule has 0 saturated carbocycles. The molecule has 7 heteroatoms. The summed E-state index contributed by atoms with van der Waals surface area (Å²) < 4.78 is 5.74. The van der Waals surface area contributed by atoms with E-state index in [1.807, 2.05) is 40.7 Å². The van der Waals surface area contributed by atoms with Crippen LogP contribution in [0, 0.1) is 10.8 Å². The highest BCUT2D eigenvalue weighted by molar-refractivity contribution is 6.32. The maximum absolute atomic E-state index is 13.6. The van der Waals surface area contributed by atoms with Crippen molar-refractivity contribution in [2.75, 3.05) is 13.2 Å². The fourth-order valence-corrected chi connectivity index (χ4v) is 5.98. The van der Waals surface area contributed by atoms with Crippen molar-refractivity contribution in [2.24, 2.45) is 10.8 Å². The van der Waals surface area contributed by atoms with E-state index in [1.54, 1.807) is 17.0 Å². The molecule has 1 aromatic rings. The summed E-state index contributed by atoms with van der Waals surface area (Å²) in [6.45, 7) is 10.4. The van der Waals surface area contributed by atoms with Gasteiger partial charge in [0.05, 0.1) is 11.6 Å². The average Bonchev–Trinajstić information content (AvgIpc) is 2.72. The molecule has 4 rings (SSSR count). The molecule has 1 N–H and O–H groups in total. The van der Waals surface area contributed by atoms with Gasteiger partial charge >= 0.3 is 5.97 Å². The lowest BCUT2D eigenvalue weighted by atomic mass is 9.63. The second kappa shape index (κ2) is 9.12. The van der Waals surface area contributed by atoms with Crippen LogP contribution in [0.5, 0.6) is 5.75 Å². The quantitative estimate of drug-likeness (QED) is 0.524. The van der Waals surface area contributed by atoms with E-state index in [4.69, 9.17) is 16.3 Å². The molecule has 188 valence electrons. The van der Waals surface area contributed by atoms with Crippen LogP contribution in [0.25, 0.3) is 0 Å². The van der Waals surface area contributed by atoms with Crippen molar-refractivity contribution < 1.29 is 24.2 Å². The molecule has 0 aromatic heterocycles. The molecule has 0 saturated heterocycles. The SMILES string of the molecule is CCCOc1ccc(C2C3=C(CC(C)(C)CC3=O)N(CC(=O)O)C3=C2C(=O)CC(C)(C)C3)cc1Cl. The summed E-state index contributed by atoms with van der Waals surface area (Å²) in [6, 6.07) is 5.47. The monoisotopic (exact) mass is 499 g/mol. The number of ketones is 2. The molecule has 6 nitrogen and oxygen atoms in total. The zero-order valence-electron chi connectivity index (χ0n) is 21.2. The zero-order chi connectivity index (χ0) is 25.7. The third-order valence-electron chi connectivity index (χ3n) is 7.07. The van der Waals surface area contributed by atoms with Crippen molar-refractivity contribution in [1.82, 2.24) is 4.90 Å². The largest absolute Gasteiger partial charge is 0.492 e. The van der Waals surface area contributed by atoms with Gasteiger partial charge in [-0.3, -0.25) is 14.4 Å². The smallest absolute Gasteiger partial charge is 0.323 e. The van der Waals surface area contributed by atoms with E-state index in [0.29, 0.717) is 54.2 Å². The molecule has 0 unspecified atom stereocenters. The van der Waals surface area contributed by atoms with Crippen molar-refractivity contribution >= 4 is 29.1 Å². The van der Waals surface area contributed by atoms with Gasteiger partial charge in [-0.2, -0.15) is 0 Å². The third-order valence-corrected chi connectivity index (χ3v) is 7.36. The average molecular weight is 500 g/mol. The summed E-state index contributed by atoms with van der Waals surface area (Å²) in [4.78, 5) is 41.0. The van der Waals surface area contributed by atoms with Gasteiger partial charge in [-0.1, -0.05) is 52.3 Å². The summed E-state index contributed by atoms with van der Waals surface area (Å²) in [5.74, 6) is -1.06. The van der Waals surface area contributed by atoms with E-state index in [9.17, 15) is 19.5 Å². The Morgan fingerprint density at radius 1 is 1.03 bits per heavy atom. The first-order valence-corrected chi connectivity index (χ1v) is 12.7. The molecule has 3 aliphatic rings. The predicted molar refractivity (Wildman–Crippen MR) is 134 cm³/mol. The lowest BCUT2D eigenvalue weighted by Gasteiger charge is -2.48. The van der Waals surface area contributed by atoms with Gasteiger partial charge < -0.3 is 14.7 Å². The number of hydrogen-bond acceptors (Lipinski definition) is 5. The molecular formula is C28H34ClNO5. The van der Waals surface area contributed by atoms with Crippen LogP contribution in [0.3, 0.4) is 0 Å². The standard InChI is InChI=1S/C28H34ClNO5/c1-6-9-35-22-8-7-16(10-17(22)29)24-25-18(11-27(2,3)13-20(25)31)30(15-23(33)34)19-12-28(4,5)14-21(32)26(19)24/h7-8,10,24H,6,9,11-15H2,1-5H3,(H,33,34). The fraction of sp³-hybridized carbons (Fsp3) is 0.536. The van der Waals surface area contributed by atoms with Crippen LogP contribution in [0.15, 0.2) is 40.7 Å². The van der Waals surface area contributed by atoms with Gasteiger partial charge in [0, 0.05) is 41.3 Å². The maximum Gasteiger partial charge on any atom is 0.323 e. The van der Waals surface area contributed by atoms with Gasteiger partial charge in [0.1, 0.15) is 12.3 Å². The van der Waals surface area contributed by atoms with Crippen LogP contribution in [-0.2, 0) is 14.4 Å². The molecule has 35 heavy (non-hydrogen) atoms. The minimum absolute atomic E-state index is 0.0387. The number of carbonyl (C=O) groups excluding carboxylic acids is 2. The van der Waals surface area contributed by atoms with E-state index in [1.165, 1.54) is 0 Å². The number of Topliss-reactive ketones (excluding diaryl/α,β-unsaturated/α-hetero) is 2. The fourth-order valence-electron chi connectivity index (χ4n) is 5.73. The van der Waals surface area contributed by atoms with Gasteiger partial charge in [0.2, 0.25) is 0 Å². The van der Waals surface area contributed by atoms with E-state index >= 15 is 0 Å². The first-order chi connectivity index (χ1) is 16.3. The Labute approximate surface area is 212 Å². The Balaban J connectivity index is 1.95. The second-order valence-corrected chi connectivity index (χ2v) is 12.0. The molecule has 1 aromatic carbocycles.